The third-order valence-electron chi connectivity index (χ3n) is 2.84. The second kappa shape index (κ2) is 7.41. The van der Waals surface area contributed by atoms with Crippen LogP contribution in [0.25, 0.3) is 0 Å². The third kappa shape index (κ3) is 5.42. The van der Waals surface area contributed by atoms with Crippen LogP contribution in [0.1, 0.15) is 25.3 Å². The van der Waals surface area contributed by atoms with Gasteiger partial charge in [0, 0.05) is 25.7 Å². The summed E-state index contributed by atoms with van der Waals surface area (Å²) in [5.74, 6) is -0.844. The molecule has 0 radical (unpaired) electrons. The van der Waals surface area contributed by atoms with Crippen LogP contribution in [0.3, 0.4) is 0 Å². The molecule has 2 amide bonds. The standard InChI is InChI=1S/C14H20N2O3/c1-3-11-6-8-12(9-7-11)15-14(19)16(2)10-4-5-13(17)18/h6-9H,3-5,10H2,1-2H3,(H,15,19)(H,17,18). The minimum Gasteiger partial charge on any atom is -0.481 e. The molecule has 5 nitrogen and oxygen atoms in total. The molecule has 0 saturated carbocycles. The number of carboxylic acid groups (broad SMARTS) is 1. The van der Waals surface area contributed by atoms with E-state index >= 15 is 0 Å². The number of nitrogens with one attached hydrogen (secondary N) is 1. The van der Waals surface area contributed by atoms with Crippen LogP contribution in [0.15, 0.2) is 24.3 Å². The van der Waals surface area contributed by atoms with Crippen LogP contribution in [0.2, 0.25) is 0 Å². The monoisotopic (exact) mass is 264 g/mol. The lowest BCUT2D eigenvalue weighted by Gasteiger charge is -2.17. The van der Waals surface area contributed by atoms with Gasteiger partial charge in [-0.15, -0.1) is 0 Å². The molecule has 0 spiro atoms. The van der Waals surface area contributed by atoms with Crippen molar-refractivity contribution in [1.82, 2.24) is 4.90 Å². The first-order chi connectivity index (χ1) is 9.02. The first-order valence-corrected chi connectivity index (χ1v) is 6.35. The van der Waals surface area contributed by atoms with Crippen molar-refractivity contribution in [3.05, 3.63) is 29.8 Å². The number of benzene rings is 1. The number of rotatable bonds is 6. The van der Waals surface area contributed by atoms with Gasteiger partial charge < -0.3 is 15.3 Å². The van der Waals surface area contributed by atoms with Crippen LogP contribution < -0.4 is 5.32 Å². The molecule has 0 bridgehead atoms. The van der Waals surface area contributed by atoms with Crippen molar-refractivity contribution in [2.45, 2.75) is 26.2 Å². The van der Waals surface area contributed by atoms with E-state index in [-0.39, 0.29) is 12.5 Å². The average molecular weight is 264 g/mol. The molecule has 0 aliphatic heterocycles. The molecule has 19 heavy (non-hydrogen) atoms. The van der Waals surface area contributed by atoms with Crippen molar-refractivity contribution in [2.75, 3.05) is 18.9 Å². The van der Waals surface area contributed by atoms with E-state index in [4.69, 9.17) is 5.11 Å². The Morgan fingerprint density at radius 3 is 2.42 bits per heavy atom. The Morgan fingerprint density at radius 1 is 1.26 bits per heavy atom. The zero-order valence-electron chi connectivity index (χ0n) is 11.3. The maximum Gasteiger partial charge on any atom is 0.321 e. The van der Waals surface area contributed by atoms with Gasteiger partial charge >= 0.3 is 12.0 Å². The number of anilines is 1. The number of carboxylic acids is 1. The summed E-state index contributed by atoms with van der Waals surface area (Å²) in [4.78, 5) is 23.7. The highest BCUT2D eigenvalue weighted by atomic mass is 16.4. The van der Waals surface area contributed by atoms with E-state index in [0.29, 0.717) is 13.0 Å². The predicted molar refractivity (Wildman–Crippen MR) is 74.3 cm³/mol. The van der Waals surface area contributed by atoms with Gasteiger partial charge in [0.05, 0.1) is 0 Å². The van der Waals surface area contributed by atoms with Crippen molar-refractivity contribution in [3.8, 4) is 0 Å². The molecular formula is C14H20N2O3. The van der Waals surface area contributed by atoms with E-state index in [1.807, 2.05) is 24.3 Å². The Bertz CT molecular complexity index is 429. The minimum absolute atomic E-state index is 0.0722. The Hall–Kier alpha value is -2.04. The SMILES string of the molecule is CCc1ccc(NC(=O)N(C)CCCC(=O)O)cc1. The van der Waals surface area contributed by atoms with Gasteiger partial charge in [-0.1, -0.05) is 19.1 Å². The second-order valence-corrected chi connectivity index (χ2v) is 4.40. The molecular weight excluding hydrogens is 244 g/mol. The molecule has 0 heterocycles. The maximum atomic E-state index is 11.8. The Balaban J connectivity index is 2.42. The molecule has 2 N–H and O–H groups in total. The lowest BCUT2D eigenvalue weighted by molar-refractivity contribution is -0.137. The number of carbonyl (C=O) groups excluding carboxylic acids is 1. The highest BCUT2D eigenvalue weighted by Gasteiger charge is 2.09. The van der Waals surface area contributed by atoms with Gasteiger partial charge in [-0.3, -0.25) is 4.79 Å². The average Bonchev–Trinajstić information content (AvgIpc) is 2.39. The highest BCUT2D eigenvalue weighted by molar-refractivity contribution is 5.89. The van der Waals surface area contributed by atoms with Gasteiger partial charge in [-0.05, 0) is 30.5 Å². The van der Waals surface area contributed by atoms with E-state index < -0.39 is 5.97 Å². The van der Waals surface area contributed by atoms with E-state index in [9.17, 15) is 9.59 Å². The van der Waals surface area contributed by atoms with Crippen molar-refractivity contribution >= 4 is 17.7 Å². The summed E-state index contributed by atoms with van der Waals surface area (Å²) < 4.78 is 0. The molecule has 0 unspecified atom stereocenters. The van der Waals surface area contributed by atoms with Crippen molar-refractivity contribution in [1.29, 1.82) is 0 Å². The molecule has 104 valence electrons. The van der Waals surface area contributed by atoms with Crippen LogP contribution in [0.5, 0.6) is 0 Å². The van der Waals surface area contributed by atoms with E-state index in [2.05, 4.69) is 12.2 Å². The van der Waals surface area contributed by atoms with E-state index in [1.165, 1.54) is 10.5 Å². The maximum absolute atomic E-state index is 11.8. The van der Waals surface area contributed by atoms with Gasteiger partial charge in [0.25, 0.3) is 0 Å². The normalized spacial score (nSPS) is 10.0. The van der Waals surface area contributed by atoms with Gasteiger partial charge in [0.2, 0.25) is 0 Å². The summed E-state index contributed by atoms with van der Waals surface area (Å²) in [7, 11) is 1.65. The number of nitrogens with zero attached hydrogens (tertiary/aromatic N) is 1. The number of aliphatic carboxylic acids is 1. The van der Waals surface area contributed by atoms with E-state index in [1.54, 1.807) is 7.05 Å². The molecule has 0 fully saturated rings. The topological polar surface area (TPSA) is 69.6 Å². The fraction of sp³-hybridized carbons (Fsp3) is 0.429. The summed E-state index contributed by atoms with van der Waals surface area (Å²) >= 11 is 0. The molecule has 0 saturated heterocycles. The Labute approximate surface area is 113 Å². The quantitative estimate of drug-likeness (QED) is 0.829. The lowest BCUT2D eigenvalue weighted by Crippen LogP contribution is -2.32. The smallest absolute Gasteiger partial charge is 0.321 e. The van der Waals surface area contributed by atoms with Crippen LogP contribution in [0, 0.1) is 0 Å². The third-order valence-corrected chi connectivity index (χ3v) is 2.84. The van der Waals surface area contributed by atoms with Gasteiger partial charge in [-0.2, -0.15) is 0 Å². The number of aryl methyl sites for hydroxylation is 1. The Morgan fingerprint density at radius 2 is 1.89 bits per heavy atom. The highest BCUT2D eigenvalue weighted by Crippen LogP contribution is 2.10. The minimum atomic E-state index is -0.844. The number of urea groups is 1. The van der Waals surface area contributed by atoms with Crippen LogP contribution in [0.4, 0.5) is 10.5 Å². The van der Waals surface area contributed by atoms with Gasteiger partial charge in [-0.25, -0.2) is 4.79 Å². The molecule has 1 rings (SSSR count). The van der Waals surface area contributed by atoms with E-state index in [0.717, 1.165) is 12.1 Å². The summed E-state index contributed by atoms with van der Waals surface area (Å²) in [5.41, 5.74) is 1.96. The van der Waals surface area contributed by atoms with Crippen LogP contribution in [-0.4, -0.2) is 35.6 Å². The predicted octanol–water partition coefficient (Wildman–Crippen LogP) is 2.58. The summed E-state index contributed by atoms with van der Waals surface area (Å²) in [6.45, 7) is 2.50. The molecule has 0 aliphatic rings. The number of hydrogen-bond donors (Lipinski definition) is 2. The van der Waals surface area contributed by atoms with Gasteiger partial charge in [0.15, 0.2) is 0 Å². The van der Waals surface area contributed by atoms with Crippen molar-refractivity contribution < 1.29 is 14.7 Å². The van der Waals surface area contributed by atoms with Gasteiger partial charge in [0.1, 0.15) is 0 Å². The molecule has 1 aromatic rings. The second-order valence-electron chi connectivity index (χ2n) is 4.40. The lowest BCUT2D eigenvalue weighted by atomic mass is 10.1. The summed E-state index contributed by atoms with van der Waals surface area (Å²) in [6.07, 6.45) is 1.49. The fourth-order valence-electron chi connectivity index (χ4n) is 1.61. The number of carbonyl (C=O) groups is 2. The number of amides is 2. The first-order valence-electron chi connectivity index (χ1n) is 6.35. The summed E-state index contributed by atoms with van der Waals surface area (Å²) in [6, 6.07) is 7.44. The van der Waals surface area contributed by atoms with Crippen LogP contribution in [-0.2, 0) is 11.2 Å². The fourth-order valence-corrected chi connectivity index (χ4v) is 1.61. The largest absolute Gasteiger partial charge is 0.481 e. The number of hydrogen-bond acceptors (Lipinski definition) is 2. The summed E-state index contributed by atoms with van der Waals surface area (Å²) in [5, 5.41) is 11.3. The zero-order chi connectivity index (χ0) is 14.3. The zero-order valence-corrected chi connectivity index (χ0v) is 11.3. The first kappa shape index (κ1) is 15.0. The molecule has 1 aromatic carbocycles. The molecule has 0 aliphatic carbocycles. The van der Waals surface area contributed by atoms with Crippen LogP contribution >= 0.6 is 0 Å². The Kier molecular flexibility index (Phi) is 5.85. The molecule has 5 heteroatoms. The van der Waals surface area contributed by atoms with Crippen molar-refractivity contribution in [2.24, 2.45) is 0 Å². The molecule has 0 atom stereocenters. The van der Waals surface area contributed by atoms with Crippen molar-refractivity contribution in [3.63, 3.8) is 0 Å². The molecule has 0 aromatic heterocycles.